The van der Waals surface area contributed by atoms with E-state index in [1.54, 1.807) is 11.3 Å². The maximum absolute atomic E-state index is 6.15. The summed E-state index contributed by atoms with van der Waals surface area (Å²) in [5.74, 6) is 0.995. The molecule has 0 amide bonds. The van der Waals surface area contributed by atoms with E-state index in [2.05, 4.69) is 39.5 Å². The van der Waals surface area contributed by atoms with Gasteiger partial charge in [-0.05, 0) is 40.9 Å². The zero-order chi connectivity index (χ0) is 13.3. The summed E-state index contributed by atoms with van der Waals surface area (Å²) in [7, 11) is 0. The predicted octanol–water partition coefficient (Wildman–Crippen LogP) is 3.73. The highest BCUT2D eigenvalue weighted by Crippen LogP contribution is 2.41. The van der Waals surface area contributed by atoms with E-state index >= 15 is 0 Å². The number of benzene rings is 1. The lowest BCUT2D eigenvalue weighted by Gasteiger charge is -2.37. The van der Waals surface area contributed by atoms with Crippen LogP contribution in [0.1, 0.15) is 16.9 Å². The van der Waals surface area contributed by atoms with E-state index < -0.39 is 0 Å². The standard InChI is InChI=1S/C15H16BrNOS/c16-11-7-12(19-9-11)8-15(10-17)5-6-18-14-4-2-1-3-13(14)15/h1-4,7,9H,5-6,8,10,17H2. The molecule has 0 radical (unpaired) electrons. The van der Waals surface area contributed by atoms with Crippen molar-refractivity contribution in [1.29, 1.82) is 0 Å². The minimum Gasteiger partial charge on any atom is -0.493 e. The summed E-state index contributed by atoms with van der Waals surface area (Å²) in [5.41, 5.74) is 7.42. The normalized spacial score (nSPS) is 21.8. The first kappa shape index (κ1) is 13.2. The molecule has 0 saturated carbocycles. The first-order valence-corrected chi connectivity index (χ1v) is 8.06. The van der Waals surface area contributed by atoms with E-state index in [1.165, 1.54) is 10.4 Å². The van der Waals surface area contributed by atoms with Crippen LogP contribution in [0, 0.1) is 0 Å². The van der Waals surface area contributed by atoms with Crippen molar-refractivity contribution in [3.05, 3.63) is 50.6 Å². The molecule has 1 aliphatic rings. The third-order valence-corrected chi connectivity index (χ3v) is 5.52. The molecule has 1 unspecified atom stereocenters. The number of ether oxygens (including phenoxy) is 1. The molecule has 19 heavy (non-hydrogen) atoms. The highest BCUT2D eigenvalue weighted by molar-refractivity contribution is 9.10. The molecule has 4 heteroatoms. The number of para-hydroxylation sites is 1. The van der Waals surface area contributed by atoms with E-state index in [0.717, 1.165) is 29.7 Å². The van der Waals surface area contributed by atoms with Gasteiger partial charge in [-0.1, -0.05) is 18.2 Å². The highest BCUT2D eigenvalue weighted by Gasteiger charge is 2.36. The van der Waals surface area contributed by atoms with Crippen LogP contribution in [0.3, 0.4) is 0 Å². The van der Waals surface area contributed by atoms with Gasteiger partial charge in [-0.15, -0.1) is 11.3 Å². The molecule has 3 rings (SSSR count). The predicted molar refractivity (Wildman–Crippen MR) is 83.0 cm³/mol. The van der Waals surface area contributed by atoms with E-state index in [1.807, 2.05) is 12.1 Å². The Morgan fingerprint density at radius 3 is 2.95 bits per heavy atom. The molecule has 1 aliphatic heterocycles. The van der Waals surface area contributed by atoms with E-state index in [0.29, 0.717) is 6.54 Å². The third kappa shape index (κ3) is 2.45. The maximum Gasteiger partial charge on any atom is 0.123 e. The van der Waals surface area contributed by atoms with Crippen molar-refractivity contribution in [2.75, 3.05) is 13.2 Å². The van der Waals surface area contributed by atoms with Crippen LogP contribution in [0.25, 0.3) is 0 Å². The number of rotatable bonds is 3. The van der Waals surface area contributed by atoms with Gasteiger partial charge < -0.3 is 10.5 Å². The summed E-state index contributed by atoms with van der Waals surface area (Å²) in [6.07, 6.45) is 1.97. The molecule has 1 aromatic carbocycles. The Balaban J connectivity index is 2.00. The van der Waals surface area contributed by atoms with Crippen LogP contribution in [-0.2, 0) is 11.8 Å². The zero-order valence-electron chi connectivity index (χ0n) is 10.6. The fraction of sp³-hybridized carbons (Fsp3) is 0.333. The van der Waals surface area contributed by atoms with Gasteiger partial charge in [0.15, 0.2) is 0 Å². The second-order valence-electron chi connectivity index (χ2n) is 4.99. The molecule has 0 spiro atoms. The molecule has 1 aromatic heterocycles. The van der Waals surface area contributed by atoms with Crippen molar-refractivity contribution in [3.8, 4) is 5.75 Å². The van der Waals surface area contributed by atoms with Gasteiger partial charge in [0.25, 0.3) is 0 Å². The lowest BCUT2D eigenvalue weighted by atomic mass is 9.73. The van der Waals surface area contributed by atoms with Crippen LogP contribution in [0.15, 0.2) is 40.2 Å². The molecule has 2 N–H and O–H groups in total. The van der Waals surface area contributed by atoms with Crippen LogP contribution >= 0.6 is 27.3 Å². The lowest BCUT2D eigenvalue weighted by Crippen LogP contribution is -2.41. The summed E-state index contributed by atoms with van der Waals surface area (Å²) < 4.78 is 6.91. The van der Waals surface area contributed by atoms with Gasteiger partial charge in [0.05, 0.1) is 6.61 Å². The SMILES string of the molecule is NCC1(Cc2cc(Br)cs2)CCOc2ccccc21. The molecule has 0 saturated heterocycles. The van der Waals surface area contributed by atoms with Gasteiger partial charge in [-0.2, -0.15) is 0 Å². The maximum atomic E-state index is 6.15. The van der Waals surface area contributed by atoms with Crippen LogP contribution in [-0.4, -0.2) is 13.2 Å². The van der Waals surface area contributed by atoms with Crippen LogP contribution < -0.4 is 10.5 Å². The minimum absolute atomic E-state index is 0.0130. The highest BCUT2D eigenvalue weighted by atomic mass is 79.9. The Kier molecular flexibility index (Phi) is 3.65. The third-order valence-electron chi connectivity index (χ3n) is 3.82. The van der Waals surface area contributed by atoms with Crippen molar-refractivity contribution in [2.24, 2.45) is 5.73 Å². The van der Waals surface area contributed by atoms with Crippen molar-refractivity contribution in [2.45, 2.75) is 18.3 Å². The quantitative estimate of drug-likeness (QED) is 0.925. The molecular weight excluding hydrogens is 322 g/mol. The fourth-order valence-electron chi connectivity index (χ4n) is 2.77. The van der Waals surface area contributed by atoms with E-state index in [9.17, 15) is 0 Å². The molecule has 0 fully saturated rings. The largest absolute Gasteiger partial charge is 0.493 e. The minimum atomic E-state index is 0.0130. The Bertz CT molecular complexity index is 583. The average molecular weight is 338 g/mol. The molecule has 2 heterocycles. The van der Waals surface area contributed by atoms with Crippen molar-refractivity contribution in [3.63, 3.8) is 0 Å². The number of hydrogen-bond donors (Lipinski definition) is 1. The molecule has 2 aromatic rings. The number of halogens is 1. The van der Waals surface area contributed by atoms with Gasteiger partial charge in [-0.25, -0.2) is 0 Å². The van der Waals surface area contributed by atoms with Crippen molar-refractivity contribution in [1.82, 2.24) is 0 Å². The summed E-state index contributed by atoms with van der Waals surface area (Å²) in [5, 5.41) is 2.13. The smallest absolute Gasteiger partial charge is 0.123 e. The molecular formula is C15H16BrNOS. The summed E-state index contributed by atoms with van der Waals surface area (Å²) in [6, 6.07) is 10.5. The fourth-order valence-corrected chi connectivity index (χ4v) is 4.36. The number of nitrogens with two attached hydrogens (primary N) is 1. The van der Waals surface area contributed by atoms with Crippen LogP contribution in [0.2, 0.25) is 0 Å². The average Bonchev–Trinajstić information content (AvgIpc) is 2.84. The van der Waals surface area contributed by atoms with Gasteiger partial charge in [0, 0.05) is 32.3 Å². The van der Waals surface area contributed by atoms with E-state index in [-0.39, 0.29) is 5.41 Å². The number of fused-ring (bicyclic) bond motifs is 1. The zero-order valence-corrected chi connectivity index (χ0v) is 13.0. The first-order valence-electron chi connectivity index (χ1n) is 6.39. The Labute approximate surface area is 125 Å². The summed E-state index contributed by atoms with van der Waals surface area (Å²) in [4.78, 5) is 1.37. The van der Waals surface area contributed by atoms with Gasteiger partial charge in [0.1, 0.15) is 5.75 Å². The Morgan fingerprint density at radius 1 is 1.37 bits per heavy atom. The number of thiophene rings is 1. The van der Waals surface area contributed by atoms with Gasteiger partial charge in [0.2, 0.25) is 0 Å². The Morgan fingerprint density at radius 2 is 2.21 bits per heavy atom. The van der Waals surface area contributed by atoms with Gasteiger partial charge >= 0.3 is 0 Å². The van der Waals surface area contributed by atoms with Crippen LogP contribution in [0.4, 0.5) is 0 Å². The molecule has 1 atom stereocenters. The lowest BCUT2D eigenvalue weighted by molar-refractivity contribution is 0.216. The molecule has 2 nitrogen and oxygen atoms in total. The Hall–Kier alpha value is -0.840. The first-order chi connectivity index (χ1) is 9.23. The summed E-state index contributed by atoms with van der Waals surface area (Å²) in [6.45, 7) is 1.41. The number of hydrogen-bond acceptors (Lipinski definition) is 3. The molecule has 0 bridgehead atoms. The van der Waals surface area contributed by atoms with Crippen LogP contribution in [0.5, 0.6) is 5.75 Å². The second kappa shape index (κ2) is 5.27. The molecule has 100 valence electrons. The monoisotopic (exact) mass is 337 g/mol. The van der Waals surface area contributed by atoms with Crippen molar-refractivity contribution >= 4 is 27.3 Å². The summed E-state index contributed by atoms with van der Waals surface area (Å²) >= 11 is 5.31. The second-order valence-corrected chi connectivity index (χ2v) is 6.90. The van der Waals surface area contributed by atoms with Gasteiger partial charge in [-0.3, -0.25) is 0 Å². The van der Waals surface area contributed by atoms with E-state index in [4.69, 9.17) is 10.5 Å². The molecule has 0 aliphatic carbocycles. The topological polar surface area (TPSA) is 35.2 Å². The van der Waals surface area contributed by atoms with Crippen molar-refractivity contribution < 1.29 is 4.74 Å².